The molecule has 0 aliphatic heterocycles. The Kier molecular flexibility index (Phi) is 7.09. The fraction of sp³-hybridized carbons (Fsp3) is 0.571. The van der Waals surface area contributed by atoms with Crippen molar-refractivity contribution in [2.24, 2.45) is 0 Å². The monoisotopic (exact) mass is 269 g/mol. The Balaban J connectivity index is 2.40. The number of likely N-dealkylation sites (N-methyl/N-ethyl adjacent to an activating group) is 1. The molecule has 0 radical (unpaired) electrons. The summed E-state index contributed by atoms with van der Waals surface area (Å²) in [6.45, 7) is 6.62. The molecule has 0 aromatic heterocycles. The summed E-state index contributed by atoms with van der Waals surface area (Å²) in [4.78, 5) is 3.69. The topological polar surface area (TPSA) is 3.24 Å². The number of thiol groups is 1. The molecule has 17 heavy (non-hydrogen) atoms. The zero-order chi connectivity index (χ0) is 12.7. The highest BCUT2D eigenvalue weighted by atomic mass is 32.2. The molecule has 0 bridgehead atoms. The summed E-state index contributed by atoms with van der Waals surface area (Å²) < 4.78 is 0. The van der Waals surface area contributed by atoms with Gasteiger partial charge in [0.15, 0.2) is 0 Å². The van der Waals surface area contributed by atoms with Gasteiger partial charge < -0.3 is 4.90 Å². The second kappa shape index (κ2) is 8.06. The van der Waals surface area contributed by atoms with Crippen molar-refractivity contribution in [3.05, 3.63) is 29.8 Å². The summed E-state index contributed by atoms with van der Waals surface area (Å²) in [6, 6.07) is 8.97. The Morgan fingerprint density at radius 1 is 1.18 bits per heavy atom. The fourth-order valence-corrected chi connectivity index (χ4v) is 2.79. The van der Waals surface area contributed by atoms with E-state index in [1.54, 1.807) is 0 Å². The smallest absolute Gasteiger partial charge is 0.00747 e. The lowest BCUT2D eigenvalue weighted by Crippen LogP contribution is -2.23. The van der Waals surface area contributed by atoms with E-state index in [4.69, 9.17) is 0 Å². The van der Waals surface area contributed by atoms with Gasteiger partial charge in [0.2, 0.25) is 0 Å². The number of hydrogen-bond acceptors (Lipinski definition) is 3. The van der Waals surface area contributed by atoms with Gasteiger partial charge in [-0.3, -0.25) is 0 Å². The normalized spacial score (nSPS) is 11.4. The number of thioether (sulfide) groups is 1. The van der Waals surface area contributed by atoms with Crippen LogP contribution in [0.15, 0.2) is 29.2 Å². The van der Waals surface area contributed by atoms with Crippen LogP contribution in [0.2, 0.25) is 0 Å². The van der Waals surface area contributed by atoms with Crippen LogP contribution in [0.3, 0.4) is 0 Å². The molecule has 1 aromatic rings. The van der Waals surface area contributed by atoms with Crippen molar-refractivity contribution in [1.29, 1.82) is 0 Å². The summed E-state index contributed by atoms with van der Waals surface area (Å²) in [7, 11) is 2.15. The summed E-state index contributed by atoms with van der Waals surface area (Å²) in [5.41, 5.74) is 1.42. The molecular weight excluding hydrogens is 246 g/mol. The molecule has 0 spiro atoms. The van der Waals surface area contributed by atoms with Crippen LogP contribution in [-0.2, 0) is 6.42 Å². The van der Waals surface area contributed by atoms with Gasteiger partial charge in [0.1, 0.15) is 0 Å². The molecule has 0 N–H and O–H groups in total. The van der Waals surface area contributed by atoms with Crippen molar-refractivity contribution in [2.75, 3.05) is 25.9 Å². The third kappa shape index (κ3) is 6.39. The number of rotatable bonds is 7. The number of benzene rings is 1. The first-order chi connectivity index (χ1) is 8.11. The highest BCUT2D eigenvalue weighted by Gasteiger charge is 2.00. The molecule has 0 saturated carbocycles. The fourth-order valence-electron chi connectivity index (χ4n) is 1.61. The molecular formula is C14H23NS2. The highest BCUT2D eigenvalue weighted by molar-refractivity contribution is 7.99. The zero-order valence-electron chi connectivity index (χ0n) is 11.0. The van der Waals surface area contributed by atoms with Crippen LogP contribution >= 0.6 is 24.4 Å². The molecule has 3 heteroatoms. The first-order valence-electron chi connectivity index (χ1n) is 6.17. The van der Waals surface area contributed by atoms with Crippen LogP contribution in [0.5, 0.6) is 0 Å². The molecule has 1 nitrogen and oxygen atoms in total. The minimum absolute atomic E-state index is 0.655. The van der Waals surface area contributed by atoms with Gasteiger partial charge in [0.25, 0.3) is 0 Å². The molecule has 1 aromatic carbocycles. The van der Waals surface area contributed by atoms with Crippen LogP contribution in [0.4, 0.5) is 0 Å². The second-order valence-corrected chi connectivity index (χ2v) is 6.68. The van der Waals surface area contributed by atoms with Gasteiger partial charge in [-0.2, -0.15) is 12.6 Å². The lowest BCUT2D eigenvalue weighted by molar-refractivity contribution is 0.361. The zero-order valence-corrected chi connectivity index (χ0v) is 12.7. The van der Waals surface area contributed by atoms with E-state index >= 15 is 0 Å². The minimum Gasteiger partial charge on any atom is -0.305 e. The lowest BCUT2D eigenvalue weighted by atomic mass is 10.1. The van der Waals surface area contributed by atoms with E-state index in [0.717, 1.165) is 25.3 Å². The maximum Gasteiger partial charge on any atom is 0.00747 e. The third-order valence-corrected chi connectivity index (χ3v) is 3.77. The average molecular weight is 269 g/mol. The van der Waals surface area contributed by atoms with Crippen LogP contribution in [0, 0.1) is 0 Å². The SMILES string of the molecule is CC(C)Sc1ccc(CCN(C)CCS)cc1. The van der Waals surface area contributed by atoms with Crippen molar-refractivity contribution >= 4 is 24.4 Å². The Bertz CT molecular complexity index is 309. The molecule has 0 atom stereocenters. The highest BCUT2D eigenvalue weighted by Crippen LogP contribution is 2.22. The Labute approximate surface area is 115 Å². The quantitative estimate of drug-likeness (QED) is 0.595. The molecule has 0 aliphatic carbocycles. The van der Waals surface area contributed by atoms with E-state index in [0.29, 0.717) is 5.25 Å². The Morgan fingerprint density at radius 2 is 1.82 bits per heavy atom. The van der Waals surface area contributed by atoms with Crippen molar-refractivity contribution in [3.63, 3.8) is 0 Å². The van der Waals surface area contributed by atoms with E-state index in [1.807, 2.05) is 11.8 Å². The summed E-state index contributed by atoms with van der Waals surface area (Å²) in [5.74, 6) is 0.931. The van der Waals surface area contributed by atoms with Crippen molar-refractivity contribution in [3.8, 4) is 0 Å². The van der Waals surface area contributed by atoms with E-state index in [2.05, 4.69) is 62.7 Å². The van der Waals surface area contributed by atoms with Crippen LogP contribution < -0.4 is 0 Å². The first-order valence-corrected chi connectivity index (χ1v) is 7.68. The van der Waals surface area contributed by atoms with Crippen LogP contribution in [-0.4, -0.2) is 36.0 Å². The standard InChI is InChI=1S/C14H23NS2/c1-12(2)17-14-6-4-13(5-7-14)8-9-15(3)10-11-16/h4-7,12,16H,8-11H2,1-3H3. The van der Waals surface area contributed by atoms with E-state index in [-0.39, 0.29) is 0 Å². The molecule has 0 heterocycles. The first kappa shape index (κ1) is 14.9. The van der Waals surface area contributed by atoms with Gasteiger partial charge in [0, 0.05) is 29.0 Å². The predicted molar refractivity (Wildman–Crippen MR) is 82.5 cm³/mol. The van der Waals surface area contributed by atoms with E-state index < -0.39 is 0 Å². The molecule has 1 rings (SSSR count). The molecule has 0 fully saturated rings. The van der Waals surface area contributed by atoms with Gasteiger partial charge >= 0.3 is 0 Å². The minimum atomic E-state index is 0.655. The Morgan fingerprint density at radius 3 is 2.35 bits per heavy atom. The van der Waals surface area contributed by atoms with Crippen molar-refractivity contribution in [2.45, 2.75) is 30.4 Å². The van der Waals surface area contributed by atoms with E-state index in [9.17, 15) is 0 Å². The number of hydrogen-bond donors (Lipinski definition) is 1. The maximum absolute atomic E-state index is 4.24. The van der Waals surface area contributed by atoms with E-state index in [1.165, 1.54) is 10.5 Å². The lowest BCUT2D eigenvalue weighted by Gasteiger charge is -2.15. The molecule has 0 unspecified atom stereocenters. The van der Waals surface area contributed by atoms with Gasteiger partial charge in [-0.15, -0.1) is 11.8 Å². The van der Waals surface area contributed by atoms with Gasteiger partial charge in [0.05, 0.1) is 0 Å². The van der Waals surface area contributed by atoms with Crippen LogP contribution in [0.1, 0.15) is 19.4 Å². The summed E-state index contributed by atoms with van der Waals surface area (Å²) in [6.07, 6.45) is 1.12. The maximum atomic E-state index is 4.24. The predicted octanol–water partition coefficient (Wildman–Crippen LogP) is 3.59. The molecule has 0 saturated heterocycles. The summed E-state index contributed by atoms with van der Waals surface area (Å²) >= 11 is 6.16. The van der Waals surface area contributed by atoms with Gasteiger partial charge in [-0.1, -0.05) is 26.0 Å². The molecule has 0 amide bonds. The second-order valence-electron chi connectivity index (χ2n) is 4.59. The molecule has 0 aliphatic rings. The number of nitrogens with zero attached hydrogens (tertiary/aromatic N) is 1. The van der Waals surface area contributed by atoms with Crippen molar-refractivity contribution in [1.82, 2.24) is 4.90 Å². The van der Waals surface area contributed by atoms with Gasteiger partial charge in [-0.05, 0) is 31.2 Å². The van der Waals surface area contributed by atoms with Crippen molar-refractivity contribution < 1.29 is 0 Å². The third-order valence-electron chi connectivity index (χ3n) is 2.56. The largest absolute Gasteiger partial charge is 0.305 e. The summed E-state index contributed by atoms with van der Waals surface area (Å²) in [5, 5.41) is 0.655. The average Bonchev–Trinajstić information content (AvgIpc) is 2.28. The van der Waals surface area contributed by atoms with Gasteiger partial charge in [-0.25, -0.2) is 0 Å². The van der Waals surface area contributed by atoms with Crippen LogP contribution in [0.25, 0.3) is 0 Å². The Hall–Kier alpha value is -0.120. The molecule has 96 valence electrons.